The maximum atomic E-state index is 9.10. The van der Waals surface area contributed by atoms with Gasteiger partial charge in [-0.15, -0.1) is 0 Å². The van der Waals surface area contributed by atoms with Gasteiger partial charge in [0, 0.05) is 58.5 Å². The van der Waals surface area contributed by atoms with Crippen molar-refractivity contribution in [1.29, 1.82) is 0 Å². The molecule has 0 radical (unpaired) electrons. The molecule has 14 heteroatoms. The van der Waals surface area contributed by atoms with Crippen molar-refractivity contribution in [1.82, 2.24) is 19.9 Å². The maximum Gasteiger partial charge on any atom is 0.221 e. The summed E-state index contributed by atoms with van der Waals surface area (Å²) in [6.07, 6.45) is 5.56. The number of rotatable bonds is 12. The highest BCUT2D eigenvalue weighted by molar-refractivity contribution is 7.99. The smallest absolute Gasteiger partial charge is 0.221 e. The Morgan fingerprint density at radius 1 is 0.659 bits per heavy atom. The van der Waals surface area contributed by atoms with Crippen molar-refractivity contribution < 1.29 is 10.2 Å². The van der Waals surface area contributed by atoms with Crippen molar-refractivity contribution in [2.24, 2.45) is 23.7 Å². The summed E-state index contributed by atoms with van der Waals surface area (Å²) in [5.74, 6) is 3.81. The van der Waals surface area contributed by atoms with Crippen LogP contribution in [0.4, 0.5) is 23.5 Å². The Kier molecular flexibility index (Phi) is 11.3. The number of hydrogen-bond acceptors (Lipinski definition) is 12. The highest BCUT2D eigenvalue weighted by Crippen LogP contribution is 2.40. The van der Waals surface area contributed by atoms with Gasteiger partial charge in [0.05, 0.1) is 9.79 Å². The van der Waals surface area contributed by atoms with Crippen molar-refractivity contribution in [2.45, 2.75) is 32.4 Å². The number of nitrogens with two attached hydrogens (primary N) is 2. The number of aliphatic hydroxyl groups excluding tert-OH is 2. The molecule has 6 rings (SSSR count). The Hall–Kier alpha value is -3.00. The van der Waals surface area contributed by atoms with E-state index in [4.69, 9.17) is 44.9 Å². The number of hydrogen-bond donors (Lipinski definition) is 6. The van der Waals surface area contributed by atoms with Crippen LogP contribution in [0, 0.1) is 23.7 Å². The molecule has 0 unspecified atom stereocenters. The summed E-state index contributed by atoms with van der Waals surface area (Å²) in [5, 5.41) is 26.3. The van der Waals surface area contributed by atoms with E-state index in [9.17, 15) is 0 Å². The first kappa shape index (κ1) is 32.4. The Bertz CT molecular complexity index is 1420. The van der Waals surface area contributed by atoms with Crippen LogP contribution in [0.3, 0.4) is 0 Å². The molecular weight excluding hydrogens is 639 g/mol. The van der Waals surface area contributed by atoms with Crippen LogP contribution < -0.4 is 22.1 Å². The van der Waals surface area contributed by atoms with Gasteiger partial charge in [0.15, 0.2) is 0 Å². The van der Waals surface area contributed by atoms with Crippen molar-refractivity contribution in [2.75, 3.05) is 48.4 Å². The van der Waals surface area contributed by atoms with Crippen LogP contribution in [0.15, 0.2) is 80.5 Å². The molecule has 0 aliphatic heterocycles. The average Bonchev–Trinajstić information content (AvgIpc) is 3.95. The van der Waals surface area contributed by atoms with Crippen LogP contribution in [0.1, 0.15) is 12.8 Å². The van der Waals surface area contributed by atoms with E-state index in [0.717, 1.165) is 57.1 Å². The molecule has 0 amide bonds. The van der Waals surface area contributed by atoms with Crippen LogP contribution in [0.2, 0.25) is 10.0 Å². The Morgan fingerprint density at radius 2 is 1.05 bits per heavy atom. The molecule has 44 heavy (non-hydrogen) atoms. The second kappa shape index (κ2) is 15.3. The standard InChI is InChI=1S/2C15H17ClN4OS/c2*16-11-1-3-12(4-2-11)22-13-7-19-15(17)20-14(13)18-6-9-5-10(9)8-21/h2*1-4,7,9-10,21H,5-6,8H2,(H3,17,18,19,20)/t9-,10+;9-,10-/m00/s1. The molecular formula is C30H34Cl2N8O2S2. The lowest BCUT2D eigenvalue weighted by Gasteiger charge is -2.11. The predicted molar refractivity (Wildman–Crippen MR) is 178 cm³/mol. The van der Waals surface area contributed by atoms with E-state index in [1.807, 2.05) is 48.5 Å². The van der Waals surface area contributed by atoms with E-state index in [-0.39, 0.29) is 25.1 Å². The van der Waals surface area contributed by atoms with Crippen molar-refractivity contribution in [3.05, 3.63) is 71.0 Å². The first-order valence-electron chi connectivity index (χ1n) is 14.1. The minimum absolute atomic E-state index is 0.248. The minimum Gasteiger partial charge on any atom is -0.396 e. The summed E-state index contributed by atoms with van der Waals surface area (Å²) in [6, 6.07) is 15.2. The fraction of sp³-hybridized carbons (Fsp3) is 0.333. The number of halogens is 2. The van der Waals surface area contributed by atoms with Crippen molar-refractivity contribution >= 4 is 70.3 Å². The maximum absolute atomic E-state index is 9.10. The van der Waals surface area contributed by atoms with E-state index in [1.165, 1.54) is 0 Å². The van der Waals surface area contributed by atoms with E-state index < -0.39 is 0 Å². The second-order valence-corrected chi connectivity index (χ2v) is 13.7. The first-order valence-corrected chi connectivity index (χ1v) is 16.5. The summed E-state index contributed by atoms with van der Waals surface area (Å²) in [5.41, 5.74) is 11.4. The third kappa shape index (κ3) is 9.50. The number of benzene rings is 2. The number of nitrogen functional groups attached to an aromatic ring is 2. The van der Waals surface area contributed by atoms with Crippen molar-refractivity contribution in [3.63, 3.8) is 0 Å². The number of aromatic nitrogens is 4. The van der Waals surface area contributed by atoms with E-state index in [2.05, 4.69) is 30.6 Å². The molecule has 0 saturated heterocycles. The average molecular weight is 674 g/mol. The number of aliphatic hydroxyl groups is 2. The summed E-state index contributed by atoms with van der Waals surface area (Å²) < 4.78 is 0. The summed E-state index contributed by atoms with van der Waals surface area (Å²) >= 11 is 14.9. The van der Waals surface area contributed by atoms with Crippen LogP contribution in [-0.2, 0) is 0 Å². The number of anilines is 4. The highest BCUT2D eigenvalue weighted by atomic mass is 35.5. The highest BCUT2D eigenvalue weighted by Gasteiger charge is 2.36. The van der Waals surface area contributed by atoms with Gasteiger partial charge in [-0.05, 0) is 85.0 Å². The molecule has 2 saturated carbocycles. The van der Waals surface area contributed by atoms with Gasteiger partial charge in [-0.2, -0.15) is 9.97 Å². The van der Waals surface area contributed by atoms with Gasteiger partial charge in [0.1, 0.15) is 11.6 Å². The van der Waals surface area contributed by atoms with E-state index in [1.54, 1.807) is 35.9 Å². The number of nitrogens with one attached hydrogen (secondary N) is 2. The third-order valence-corrected chi connectivity index (χ3v) is 9.86. The van der Waals surface area contributed by atoms with E-state index in [0.29, 0.717) is 33.7 Å². The lowest BCUT2D eigenvalue weighted by atomic mass is 10.3. The third-order valence-electron chi connectivity index (χ3n) is 7.30. The van der Waals surface area contributed by atoms with Gasteiger partial charge in [-0.1, -0.05) is 46.7 Å². The molecule has 2 aromatic carbocycles. The van der Waals surface area contributed by atoms with Gasteiger partial charge in [-0.3, -0.25) is 0 Å². The summed E-state index contributed by atoms with van der Waals surface area (Å²) in [7, 11) is 0. The largest absolute Gasteiger partial charge is 0.396 e. The van der Waals surface area contributed by atoms with Crippen LogP contribution >= 0.6 is 46.7 Å². The molecule has 4 atom stereocenters. The molecule has 2 aromatic heterocycles. The molecule has 0 bridgehead atoms. The molecule has 8 N–H and O–H groups in total. The fourth-order valence-electron chi connectivity index (χ4n) is 4.45. The summed E-state index contributed by atoms with van der Waals surface area (Å²) in [4.78, 5) is 20.6. The molecule has 0 spiro atoms. The normalized spacial score (nSPS) is 19.9. The molecule has 4 aromatic rings. The Labute approximate surface area is 274 Å². The van der Waals surface area contributed by atoms with Crippen LogP contribution in [-0.4, -0.2) is 56.5 Å². The molecule has 10 nitrogen and oxygen atoms in total. The molecule has 2 fully saturated rings. The van der Waals surface area contributed by atoms with E-state index >= 15 is 0 Å². The fourth-order valence-corrected chi connectivity index (χ4v) is 6.40. The lowest BCUT2D eigenvalue weighted by molar-refractivity contribution is 0.269. The monoisotopic (exact) mass is 672 g/mol. The van der Waals surface area contributed by atoms with Gasteiger partial charge in [0.2, 0.25) is 11.9 Å². The van der Waals surface area contributed by atoms with Crippen molar-refractivity contribution in [3.8, 4) is 0 Å². The van der Waals surface area contributed by atoms with Crippen LogP contribution in [0.25, 0.3) is 0 Å². The molecule has 232 valence electrons. The molecule has 2 aliphatic carbocycles. The van der Waals surface area contributed by atoms with Gasteiger partial charge in [0.25, 0.3) is 0 Å². The predicted octanol–water partition coefficient (Wildman–Crippen LogP) is 5.81. The zero-order chi connectivity index (χ0) is 31.1. The molecule has 2 aliphatic rings. The molecule has 2 heterocycles. The zero-order valence-corrected chi connectivity index (χ0v) is 26.9. The Morgan fingerprint density at radius 3 is 1.39 bits per heavy atom. The van der Waals surface area contributed by atoms with Crippen LogP contribution in [0.5, 0.6) is 0 Å². The van der Waals surface area contributed by atoms with Gasteiger partial charge in [-0.25, -0.2) is 9.97 Å². The topological polar surface area (TPSA) is 168 Å². The van der Waals surface area contributed by atoms with Gasteiger partial charge >= 0.3 is 0 Å². The summed E-state index contributed by atoms with van der Waals surface area (Å²) in [6.45, 7) is 2.08. The second-order valence-electron chi connectivity index (χ2n) is 10.6. The SMILES string of the molecule is Nc1ncc(Sc2ccc(Cl)cc2)c(NC[C@@H]2C[C@@H]2CO)n1.Nc1ncc(Sc2ccc(Cl)cc2)c(NC[C@@H]2C[C@H]2CO)n1. The lowest BCUT2D eigenvalue weighted by Crippen LogP contribution is -2.10. The Balaban J connectivity index is 0.000000175. The minimum atomic E-state index is 0.248. The van der Waals surface area contributed by atoms with Gasteiger partial charge < -0.3 is 32.3 Å². The quantitative estimate of drug-likeness (QED) is 0.107. The number of nitrogens with zero attached hydrogens (tertiary/aromatic N) is 4. The first-order chi connectivity index (χ1) is 21.3. The zero-order valence-electron chi connectivity index (χ0n) is 23.7.